The number of ether oxygens (including phenoxy) is 1. The number of nitrogens with one attached hydrogen (secondary N) is 1. The number of hydrogen-bond donors (Lipinski definition) is 1. The first-order chi connectivity index (χ1) is 11.7. The summed E-state index contributed by atoms with van der Waals surface area (Å²) in [7, 11) is 0. The molecule has 1 amide bonds. The van der Waals surface area contributed by atoms with Crippen molar-refractivity contribution >= 4 is 17.1 Å². The van der Waals surface area contributed by atoms with Crippen LogP contribution in [0, 0.1) is 11.3 Å². The lowest BCUT2D eigenvalue weighted by Crippen LogP contribution is -2.53. The van der Waals surface area contributed by atoms with Gasteiger partial charge in [-0.25, -0.2) is 4.52 Å². The first kappa shape index (κ1) is 15.0. The molecule has 3 heterocycles. The molecule has 0 spiro atoms. The highest BCUT2D eigenvalue weighted by Gasteiger charge is 2.34. The molecule has 1 saturated carbocycles. The zero-order valence-electron chi connectivity index (χ0n) is 13.5. The third-order valence-electron chi connectivity index (χ3n) is 4.46. The molecule has 2 fully saturated rings. The largest absolute Gasteiger partial charge is 0.364 e. The van der Waals surface area contributed by atoms with Crippen molar-refractivity contribution in [1.29, 1.82) is 5.26 Å². The quantitative estimate of drug-likeness (QED) is 0.913. The first-order valence-electron chi connectivity index (χ1n) is 8.23. The van der Waals surface area contributed by atoms with Crippen molar-refractivity contribution in [1.82, 2.24) is 14.9 Å². The fourth-order valence-corrected chi connectivity index (χ4v) is 3.17. The van der Waals surface area contributed by atoms with Crippen molar-refractivity contribution in [2.45, 2.75) is 38.0 Å². The second-order valence-electron chi connectivity index (χ2n) is 6.47. The Morgan fingerprint density at radius 2 is 2.21 bits per heavy atom. The molecule has 1 saturated heterocycles. The Hall–Kier alpha value is -2.59. The molecule has 7 nitrogen and oxygen atoms in total. The van der Waals surface area contributed by atoms with Gasteiger partial charge in [-0.2, -0.15) is 10.4 Å². The Balaban J connectivity index is 1.62. The van der Waals surface area contributed by atoms with Crippen molar-refractivity contribution in [3.05, 3.63) is 30.1 Å². The molecule has 0 radical (unpaired) electrons. The van der Waals surface area contributed by atoms with Gasteiger partial charge in [0.2, 0.25) is 0 Å². The summed E-state index contributed by atoms with van der Waals surface area (Å²) in [5.74, 6) is -0.0350. The number of carbonyl (C=O) groups is 1. The molecule has 2 atom stereocenters. The fourth-order valence-electron chi connectivity index (χ4n) is 3.17. The zero-order chi connectivity index (χ0) is 16.7. The summed E-state index contributed by atoms with van der Waals surface area (Å²) in [6, 6.07) is 8.03. The van der Waals surface area contributed by atoms with Crippen LogP contribution in [0.2, 0.25) is 0 Å². The summed E-state index contributed by atoms with van der Waals surface area (Å²) in [6.07, 6.45) is 3.27. The van der Waals surface area contributed by atoms with Crippen LogP contribution in [0.15, 0.2) is 24.4 Å². The number of hydrogen-bond acceptors (Lipinski definition) is 5. The van der Waals surface area contributed by atoms with Crippen LogP contribution in [0.3, 0.4) is 0 Å². The summed E-state index contributed by atoms with van der Waals surface area (Å²) in [6.45, 7) is 3.16. The number of fused-ring (bicyclic) bond motifs is 1. The van der Waals surface area contributed by atoms with Crippen molar-refractivity contribution in [2.75, 3.05) is 18.0 Å². The SMILES string of the molecule is C[C@@H]1CN(c2ccc(C#N)n3nccc23)C[C@H](C(=O)NC2CC2)O1. The minimum absolute atomic E-state index is 0.0350. The number of anilines is 1. The molecule has 1 N–H and O–H groups in total. The number of carbonyl (C=O) groups excluding carboxylic acids is 1. The maximum Gasteiger partial charge on any atom is 0.251 e. The lowest BCUT2D eigenvalue weighted by molar-refractivity contribution is -0.137. The number of aromatic nitrogens is 2. The molecule has 7 heteroatoms. The van der Waals surface area contributed by atoms with E-state index in [1.54, 1.807) is 16.8 Å². The Morgan fingerprint density at radius 1 is 1.38 bits per heavy atom. The molecule has 2 aliphatic rings. The van der Waals surface area contributed by atoms with E-state index in [0.717, 1.165) is 24.0 Å². The number of morpholine rings is 1. The van der Waals surface area contributed by atoms with Crippen LogP contribution in [0.5, 0.6) is 0 Å². The lowest BCUT2D eigenvalue weighted by atomic mass is 10.1. The maximum atomic E-state index is 12.4. The Labute approximate surface area is 139 Å². The second kappa shape index (κ2) is 5.80. The molecule has 0 unspecified atom stereocenters. The van der Waals surface area contributed by atoms with Gasteiger partial charge in [0.15, 0.2) is 6.10 Å². The van der Waals surface area contributed by atoms with E-state index < -0.39 is 6.10 Å². The van der Waals surface area contributed by atoms with Crippen LogP contribution in [0.1, 0.15) is 25.5 Å². The number of rotatable bonds is 3. The molecule has 2 aromatic heterocycles. The van der Waals surface area contributed by atoms with E-state index in [4.69, 9.17) is 4.74 Å². The summed E-state index contributed by atoms with van der Waals surface area (Å²) >= 11 is 0. The second-order valence-corrected chi connectivity index (χ2v) is 6.47. The van der Waals surface area contributed by atoms with E-state index >= 15 is 0 Å². The normalized spacial score (nSPS) is 23.9. The molecule has 2 aromatic rings. The predicted octanol–water partition coefficient (Wildman–Crippen LogP) is 1.08. The smallest absolute Gasteiger partial charge is 0.251 e. The van der Waals surface area contributed by atoms with Crippen LogP contribution < -0.4 is 10.2 Å². The van der Waals surface area contributed by atoms with Crippen LogP contribution in [0.4, 0.5) is 5.69 Å². The van der Waals surface area contributed by atoms with Crippen LogP contribution in [-0.4, -0.2) is 46.9 Å². The van der Waals surface area contributed by atoms with Gasteiger partial charge in [0.25, 0.3) is 5.91 Å². The van der Waals surface area contributed by atoms with E-state index in [2.05, 4.69) is 21.4 Å². The minimum Gasteiger partial charge on any atom is -0.364 e. The third-order valence-corrected chi connectivity index (χ3v) is 4.46. The van der Waals surface area contributed by atoms with E-state index in [1.165, 1.54) is 0 Å². The van der Waals surface area contributed by atoms with Crippen molar-refractivity contribution < 1.29 is 9.53 Å². The minimum atomic E-state index is -0.479. The first-order valence-corrected chi connectivity index (χ1v) is 8.23. The molecule has 1 aliphatic carbocycles. The van der Waals surface area contributed by atoms with E-state index in [9.17, 15) is 10.1 Å². The van der Waals surface area contributed by atoms with Gasteiger partial charge in [0, 0.05) is 12.6 Å². The standard InChI is InChI=1S/C17H19N5O2/c1-11-9-21(10-16(24-11)17(23)20-12-2-3-12)14-5-4-13(8-18)22-15(14)6-7-19-22/h4-7,11-12,16H,2-3,9-10H2,1H3,(H,20,23)/t11-,16-/m1/s1. The molecule has 124 valence electrons. The molecule has 4 rings (SSSR count). The monoisotopic (exact) mass is 325 g/mol. The fraction of sp³-hybridized carbons (Fsp3) is 0.471. The summed E-state index contributed by atoms with van der Waals surface area (Å²) in [4.78, 5) is 14.5. The third kappa shape index (κ3) is 2.69. The Bertz CT molecular complexity index is 820. The van der Waals surface area contributed by atoms with Crippen molar-refractivity contribution in [2.24, 2.45) is 0 Å². The Morgan fingerprint density at radius 3 is 2.96 bits per heavy atom. The predicted molar refractivity (Wildman–Crippen MR) is 87.6 cm³/mol. The lowest BCUT2D eigenvalue weighted by Gasteiger charge is -2.37. The van der Waals surface area contributed by atoms with Gasteiger partial charge in [0.1, 0.15) is 11.8 Å². The van der Waals surface area contributed by atoms with Gasteiger partial charge in [-0.1, -0.05) is 0 Å². The van der Waals surface area contributed by atoms with Gasteiger partial charge in [-0.15, -0.1) is 0 Å². The number of pyridine rings is 1. The zero-order valence-corrected chi connectivity index (χ0v) is 13.5. The Kier molecular flexibility index (Phi) is 3.62. The van der Waals surface area contributed by atoms with Crippen LogP contribution in [0.25, 0.3) is 5.52 Å². The van der Waals surface area contributed by atoms with Gasteiger partial charge in [-0.3, -0.25) is 4.79 Å². The molecular weight excluding hydrogens is 306 g/mol. The van der Waals surface area contributed by atoms with Crippen molar-refractivity contribution in [3.8, 4) is 6.07 Å². The topological polar surface area (TPSA) is 82.7 Å². The highest BCUT2D eigenvalue weighted by molar-refractivity contribution is 5.83. The highest BCUT2D eigenvalue weighted by atomic mass is 16.5. The summed E-state index contributed by atoms with van der Waals surface area (Å²) in [5.41, 5.74) is 2.32. The molecule has 1 aliphatic heterocycles. The number of nitrogens with zero attached hydrogens (tertiary/aromatic N) is 4. The number of nitriles is 1. The van der Waals surface area contributed by atoms with Crippen LogP contribution in [-0.2, 0) is 9.53 Å². The van der Waals surface area contributed by atoms with E-state index in [0.29, 0.717) is 24.8 Å². The van der Waals surface area contributed by atoms with Gasteiger partial charge >= 0.3 is 0 Å². The number of amides is 1. The van der Waals surface area contributed by atoms with Gasteiger partial charge in [-0.05, 0) is 38.0 Å². The maximum absolute atomic E-state index is 12.4. The molecular formula is C17H19N5O2. The molecule has 0 bridgehead atoms. The average Bonchev–Trinajstić information content (AvgIpc) is 3.25. The molecule has 24 heavy (non-hydrogen) atoms. The highest BCUT2D eigenvalue weighted by Crippen LogP contribution is 2.27. The van der Waals surface area contributed by atoms with Crippen LogP contribution >= 0.6 is 0 Å². The average molecular weight is 325 g/mol. The van der Waals surface area contributed by atoms with Gasteiger partial charge in [0.05, 0.1) is 30.0 Å². The van der Waals surface area contributed by atoms with E-state index in [1.807, 2.05) is 19.1 Å². The summed E-state index contributed by atoms with van der Waals surface area (Å²) < 4.78 is 7.47. The molecule has 0 aromatic carbocycles. The summed E-state index contributed by atoms with van der Waals surface area (Å²) in [5, 5.41) is 16.4. The van der Waals surface area contributed by atoms with E-state index in [-0.39, 0.29) is 12.0 Å². The van der Waals surface area contributed by atoms with Crippen molar-refractivity contribution in [3.63, 3.8) is 0 Å². The van der Waals surface area contributed by atoms with Gasteiger partial charge < -0.3 is 15.0 Å².